The van der Waals surface area contributed by atoms with E-state index in [-0.39, 0.29) is 52.1 Å². The molecule has 2 aromatic carbocycles. The Labute approximate surface area is 183 Å². The molecule has 0 aliphatic carbocycles. The first-order chi connectivity index (χ1) is 14.9. The van der Waals surface area contributed by atoms with Crippen molar-refractivity contribution >= 4 is 35.0 Å². The molecule has 0 atom stereocenters. The normalized spacial score (nSPS) is 10.2. The molecule has 31 heavy (non-hydrogen) atoms. The Morgan fingerprint density at radius 3 is 2.61 bits per heavy atom. The largest absolute Gasteiger partial charge is 0.490 e. The number of rotatable bonds is 7. The molecular weight excluding hydrogens is 420 g/mol. The van der Waals surface area contributed by atoms with E-state index in [0.717, 1.165) is 0 Å². The maximum atomic E-state index is 12.2. The highest BCUT2D eigenvalue weighted by molar-refractivity contribution is 6.32. The van der Waals surface area contributed by atoms with Crippen LogP contribution in [0.3, 0.4) is 0 Å². The number of amides is 1. The van der Waals surface area contributed by atoms with Gasteiger partial charge in [0.25, 0.3) is 5.91 Å². The fourth-order valence-corrected chi connectivity index (χ4v) is 3.04. The zero-order valence-electron chi connectivity index (χ0n) is 16.6. The van der Waals surface area contributed by atoms with E-state index < -0.39 is 0 Å². The minimum absolute atomic E-state index is 0.0445. The summed E-state index contributed by atoms with van der Waals surface area (Å²) in [5.74, 6) is -0.0338. The number of anilines is 3. The van der Waals surface area contributed by atoms with E-state index in [2.05, 4.69) is 15.3 Å². The van der Waals surface area contributed by atoms with Crippen molar-refractivity contribution in [2.24, 2.45) is 0 Å². The highest BCUT2D eigenvalue weighted by Crippen LogP contribution is 2.40. The number of para-hydroxylation sites is 1. The maximum Gasteiger partial charge on any atom is 0.262 e. The molecule has 10 heteroatoms. The van der Waals surface area contributed by atoms with Gasteiger partial charge in [0.2, 0.25) is 5.95 Å². The summed E-state index contributed by atoms with van der Waals surface area (Å²) in [6, 6.07) is 14.1. The number of halogens is 1. The fraction of sp³-hybridized carbons (Fsp3) is 0.143. The standard InChI is InChI=1S/C21H19ClN6O3/c1-2-30-16-9-12(18-14(10-23)20(24)28-21(25)27-18)8-15(22)19(16)31-11-17(29)26-13-6-4-3-5-7-13/h3-9H,2,11H2,1H3,(H,26,29)(H4,24,25,27,28). The van der Waals surface area contributed by atoms with Crippen LogP contribution in [0.1, 0.15) is 12.5 Å². The summed E-state index contributed by atoms with van der Waals surface area (Å²) < 4.78 is 11.3. The molecule has 0 spiro atoms. The Balaban J connectivity index is 1.90. The Bertz CT molecular complexity index is 1150. The van der Waals surface area contributed by atoms with E-state index in [1.165, 1.54) is 6.07 Å². The lowest BCUT2D eigenvalue weighted by molar-refractivity contribution is -0.118. The molecule has 0 radical (unpaired) electrons. The Hall–Kier alpha value is -4.03. The summed E-state index contributed by atoms with van der Waals surface area (Å²) in [4.78, 5) is 20.1. The molecule has 0 aliphatic heterocycles. The number of ether oxygens (including phenoxy) is 2. The molecule has 1 amide bonds. The molecule has 158 valence electrons. The molecule has 1 heterocycles. The molecule has 9 nitrogen and oxygen atoms in total. The highest BCUT2D eigenvalue weighted by atomic mass is 35.5. The van der Waals surface area contributed by atoms with Crippen LogP contribution in [0.2, 0.25) is 5.02 Å². The van der Waals surface area contributed by atoms with Crippen LogP contribution in [0.5, 0.6) is 11.5 Å². The molecule has 1 aromatic heterocycles. The molecule has 3 rings (SSSR count). The quantitative estimate of drug-likeness (QED) is 0.508. The van der Waals surface area contributed by atoms with E-state index in [1.54, 1.807) is 37.3 Å². The van der Waals surface area contributed by atoms with Crippen molar-refractivity contribution in [2.75, 3.05) is 30.0 Å². The lowest BCUT2D eigenvalue weighted by atomic mass is 10.1. The van der Waals surface area contributed by atoms with Crippen LogP contribution in [-0.4, -0.2) is 29.1 Å². The van der Waals surface area contributed by atoms with Gasteiger partial charge in [-0.05, 0) is 31.2 Å². The number of benzene rings is 2. The number of hydrogen-bond acceptors (Lipinski definition) is 8. The number of nitrogens with zero attached hydrogens (tertiary/aromatic N) is 3. The van der Waals surface area contributed by atoms with E-state index in [1.807, 2.05) is 12.1 Å². The van der Waals surface area contributed by atoms with Crippen molar-refractivity contribution in [3.8, 4) is 28.8 Å². The number of nitrogens with one attached hydrogen (secondary N) is 1. The SMILES string of the molecule is CCOc1cc(-c2nc(N)nc(N)c2C#N)cc(Cl)c1OCC(=O)Nc1ccccc1. The lowest BCUT2D eigenvalue weighted by Gasteiger charge is -2.16. The van der Waals surface area contributed by atoms with Gasteiger partial charge in [0.15, 0.2) is 18.1 Å². The van der Waals surface area contributed by atoms with E-state index >= 15 is 0 Å². The summed E-state index contributed by atoms with van der Waals surface area (Å²) in [6.45, 7) is 1.81. The molecular formula is C21H19ClN6O3. The second-order valence-corrected chi connectivity index (χ2v) is 6.63. The zero-order valence-corrected chi connectivity index (χ0v) is 17.3. The number of nitrogen functional groups attached to an aromatic ring is 2. The topological polar surface area (TPSA) is 149 Å². The lowest BCUT2D eigenvalue weighted by Crippen LogP contribution is -2.20. The van der Waals surface area contributed by atoms with Gasteiger partial charge in [-0.25, -0.2) is 4.98 Å². The van der Waals surface area contributed by atoms with Crippen molar-refractivity contribution in [1.82, 2.24) is 9.97 Å². The van der Waals surface area contributed by atoms with Crippen molar-refractivity contribution < 1.29 is 14.3 Å². The summed E-state index contributed by atoms with van der Waals surface area (Å²) in [5, 5.41) is 12.3. The molecule has 0 saturated carbocycles. The van der Waals surface area contributed by atoms with Crippen LogP contribution in [0.4, 0.5) is 17.5 Å². The number of aromatic nitrogens is 2. The van der Waals surface area contributed by atoms with Gasteiger partial charge in [0.1, 0.15) is 17.5 Å². The van der Waals surface area contributed by atoms with E-state index in [0.29, 0.717) is 17.9 Å². The number of carbonyl (C=O) groups is 1. The van der Waals surface area contributed by atoms with Crippen molar-refractivity contribution in [3.05, 3.63) is 53.1 Å². The van der Waals surface area contributed by atoms with E-state index in [4.69, 9.17) is 32.5 Å². The Morgan fingerprint density at radius 1 is 1.19 bits per heavy atom. The number of carbonyl (C=O) groups excluding carboxylic acids is 1. The van der Waals surface area contributed by atoms with Crippen LogP contribution in [0, 0.1) is 11.3 Å². The van der Waals surface area contributed by atoms with Gasteiger partial charge in [-0.3, -0.25) is 4.79 Å². The smallest absolute Gasteiger partial charge is 0.262 e. The van der Waals surface area contributed by atoms with Crippen molar-refractivity contribution in [3.63, 3.8) is 0 Å². The van der Waals surface area contributed by atoms with Crippen LogP contribution in [-0.2, 0) is 4.79 Å². The Morgan fingerprint density at radius 2 is 1.94 bits per heavy atom. The van der Waals surface area contributed by atoms with Gasteiger partial charge in [0.05, 0.1) is 17.3 Å². The van der Waals surface area contributed by atoms with Crippen LogP contribution < -0.4 is 26.3 Å². The molecule has 0 aliphatic rings. The zero-order chi connectivity index (χ0) is 22.4. The van der Waals surface area contributed by atoms with E-state index in [9.17, 15) is 10.1 Å². The first-order valence-electron chi connectivity index (χ1n) is 9.20. The first kappa shape index (κ1) is 21.7. The average molecular weight is 439 g/mol. The molecule has 3 aromatic rings. The molecule has 0 saturated heterocycles. The minimum Gasteiger partial charge on any atom is -0.490 e. The summed E-state index contributed by atoms with van der Waals surface area (Å²) in [6.07, 6.45) is 0. The third-order valence-corrected chi connectivity index (χ3v) is 4.33. The Kier molecular flexibility index (Phi) is 6.74. The molecule has 0 bridgehead atoms. The summed E-state index contributed by atoms with van der Waals surface area (Å²) in [5.41, 5.74) is 12.8. The van der Waals surface area contributed by atoms with Gasteiger partial charge in [-0.1, -0.05) is 29.8 Å². The van der Waals surface area contributed by atoms with Gasteiger partial charge in [-0.15, -0.1) is 0 Å². The minimum atomic E-state index is -0.364. The summed E-state index contributed by atoms with van der Waals surface area (Å²) in [7, 11) is 0. The third-order valence-electron chi connectivity index (χ3n) is 4.05. The average Bonchev–Trinajstić information content (AvgIpc) is 2.73. The number of nitriles is 1. The predicted octanol–water partition coefficient (Wildman–Crippen LogP) is 3.25. The highest BCUT2D eigenvalue weighted by Gasteiger charge is 2.19. The van der Waals surface area contributed by atoms with Crippen LogP contribution >= 0.6 is 11.6 Å². The van der Waals surface area contributed by atoms with Gasteiger partial charge in [-0.2, -0.15) is 10.2 Å². The number of hydrogen-bond donors (Lipinski definition) is 3. The van der Waals surface area contributed by atoms with Crippen LogP contribution in [0.25, 0.3) is 11.3 Å². The summed E-state index contributed by atoms with van der Waals surface area (Å²) >= 11 is 6.41. The third kappa shape index (κ3) is 5.12. The van der Waals surface area contributed by atoms with Gasteiger partial charge < -0.3 is 26.3 Å². The van der Waals surface area contributed by atoms with Crippen molar-refractivity contribution in [1.29, 1.82) is 5.26 Å². The van der Waals surface area contributed by atoms with Gasteiger partial charge >= 0.3 is 0 Å². The molecule has 0 unspecified atom stereocenters. The monoisotopic (exact) mass is 438 g/mol. The van der Waals surface area contributed by atoms with Crippen LogP contribution in [0.15, 0.2) is 42.5 Å². The fourth-order valence-electron chi connectivity index (χ4n) is 2.78. The van der Waals surface area contributed by atoms with Gasteiger partial charge in [0, 0.05) is 11.3 Å². The predicted molar refractivity (Wildman–Crippen MR) is 118 cm³/mol. The first-order valence-corrected chi connectivity index (χ1v) is 9.58. The number of nitrogens with two attached hydrogens (primary N) is 2. The molecule has 0 fully saturated rings. The maximum absolute atomic E-state index is 12.2. The second-order valence-electron chi connectivity index (χ2n) is 6.22. The molecule has 5 N–H and O–H groups in total. The van der Waals surface area contributed by atoms with Crippen molar-refractivity contribution in [2.45, 2.75) is 6.92 Å². The second kappa shape index (κ2) is 9.65.